The Bertz CT molecular complexity index is 791. The van der Waals surface area contributed by atoms with Gasteiger partial charge in [0.15, 0.2) is 0 Å². The molecule has 24 heavy (non-hydrogen) atoms. The largest absolute Gasteiger partial charge is 0.464 e. The van der Waals surface area contributed by atoms with E-state index in [4.69, 9.17) is 27.9 Å². The van der Waals surface area contributed by atoms with Gasteiger partial charge in [-0.25, -0.2) is 4.39 Å². The van der Waals surface area contributed by atoms with Crippen LogP contribution in [0.5, 0.6) is 0 Å². The van der Waals surface area contributed by atoms with Crippen molar-refractivity contribution in [1.29, 1.82) is 0 Å². The summed E-state index contributed by atoms with van der Waals surface area (Å²) < 4.78 is 19.8. The Kier molecular flexibility index (Phi) is 5.19. The Morgan fingerprint density at radius 3 is 2.50 bits per heavy atom. The molecule has 0 heterocycles. The van der Waals surface area contributed by atoms with E-state index in [1.165, 1.54) is 6.07 Å². The summed E-state index contributed by atoms with van der Waals surface area (Å²) in [6, 6.07) is 9.83. The van der Waals surface area contributed by atoms with E-state index in [2.05, 4.69) is 15.9 Å². The number of benzene rings is 2. The number of esters is 1. The average molecular weight is 432 g/mol. The van der Waals surface area contributed by atoms with Gasteiger partial charge in [-0.3, -0.25) is 4.79 Å². The van der Waals surface area contributed by atoms with Gasteiger partial charge in [0.1, 0.15) is 12.4 Å². The van der Waals surface area contributed by atoms with Crippen molar-refractivity contribution in [3.8, 4) is 11.1 Å². The highest BCUT2D eigenvalue weighted by molar-refractivity contribution is 9.09. The molecule has 2 nitrogen and oxygen atoms in total. The summed E-state index contributed by atoms with van der Waals surface area (Å²) in [6.45, 7) is 0.310. The molecule has 0 aromatic heterocycles. The van der Waals surface area contributed by atoms with Crippen molar-refractivity contribution >= 4 is 45.1 Å². The number of alkyl halides is 1. The molecular weight excluding hydrogens is 418 g/mol. The van der Waals surface area contributed by atoms with Crippen LogP contribution in [0.15, 0.2) is 36.4 Å². The maximum atomic E-state index is 14.6. The van der Waals surface area contributed by atoms with Crippen molar-refractivity contribution in [3.05, 3.63) is 57.8 Å². The van der Waals surface area contributed by atoms with Gasteiger partial charge < -0.3 is 4.74 Å². The van der Waals surface area contributed by atoms with Gasteiger partial charge in [0.25, 0.3) is 0 Å². The fourth-order valence-electron chi connectivity index (χ4n) is 2.72. The van der Waals surface area contributed by atoms with Gasteiger partial charge in [-0.1, -0.05) is 57.3 Å². The lowest BCUT2D eigenvalue weighted by Crippen LogP contribution is -2.24. The number of carbonyl (C=O) groups is 1. The monoisotopic (exact) mass is 430 g/mol. The van der Waals surface area contributed by atoms with Gasteiger partial charge in [0.2, 0.25) is 0 Å². The minimum absolute atomic E-state index is 0.288. The Labute approximate surface area is 158 Å². The van der Waals surface area contributed by atoms with Crippen LogP contribution in [0.2, 0.25) is 10.0 Å². The van der Waals surface area contributed by atoms with Gasteiger partial charge in [-0.05, 0) is 42.2 Å². The minimum Gasteiger partial charge on any atom is -0.464 e. The van der Waals surface area contributed by atoms with Gasteiger partial charge in [0, 0.05) is 10.9 Å². The van der Waals surface area contributed by atoms with E-state index in [0.29, 0.717) is 51.5 Å². The Balaban J connectivity index is 1.90. The van der Waals surface area contributed by atoms with Crippen LogP contribution in [0.25, 0.3) is 11.1 Å². The number of rotatable bonds is 5. The second-order valence-corrected chi connectivity index (χ2v) is 7.34. The highest BCUT2D eigenvalue weighted by atomic mass is 79.9. The van der Waals surface area contributed by atoms with E-state index >= 15 is 0 Å². The van der Waals surface area contributed by atoms with E-state index in [1.807, 2.05) is 0 Å². The first-order chi connectivity index (χ1) is 11.5. The Hall–Kier alpha value is -1.10. The smallest absolute Gasteiger partial charge is 0.316 e. The molecule has 0 spiro atoms. The molecule has 1 fully saturated rings. The average Bonchev–Trinajstić information content (AvgIpc) is 3.37. The van der Waals surface area contributed by atoms with Crippen LogP contribution in [0, 0.1) is 5.82 Å². The molecule has 0 radical (unpaired) electrons. The van der Waals surface area contributed by atoms with Crippen LogP contribution < -0.4 is 0 Å². The van der Waals surface area contributed by atoms with Gasteiger partial charge in [0.05, 0.1) is 15.5 Å². The predicted molar refractivity (Wildman–Crippen MR) is 97.5 cm³/mol. The number of hydrogen-bond donors (Lipinski definition) is 0. The zero-order valence-electron chi connectivity index (χ0n) is 12.6. The second-order valence-electron chi connectivity index (χ2n) is 5.73. The first-order valence-electron chi connectivity index (χ1n) is 7.46. The molecule has 0 N–H and O–H groups in total. The van der Waals surface area contributed by atoms with Crippen molar-refractivity contribution in [2.75, 3.05) is 11.9 Å². The van der Waals surface area contributed by atoms with Crippen LogP contribution in [0.1, 0.15) is 18.4 Å². The third kappa shape index (κ3) is 3.32. The molecule has 1 aliphatic carbocycles. The predicted octanol–water partition coefficient (Wildman–Crippen LogP) is 5.77. The summed E-state index contributed by atoms with van der Waals surface area (Å²) in [6.07, 6.45) is 1.36. The normalized spacial score (nSPS) is 15.2. The van der Waals surface area contributed by atoms with Crippen molar-refractivity contribution in [3.63, 3.8) is 0 Å². The molecular formula is C18H14BrCl2FO2. The standard InChI is InChI=1S/C18H14BrCl2FO2/c19-7-8-24-17(23)18(5-6-18)12-2-3-13(16(22)10-12)11-1-4-14(20)15(21)9-11/h1-4,9-10H,5-8H2. The highest BCUT2D eigenvalue weighted by Crippen LogP contribution is 2.50. The lowest BCUT2D eigenvalue weighted by Gasteiger charge is -2.16. The van der Waals surface area contributed by atoms with Crippen LogP contribution in [-0.2, 0) is 14.9 Å². The quantitative estimate of drug-likeness (QED) is 0.443. The minimum atomic E-state index is -0.695. The van der Waals surface area contributed by atoms with Crippen LogP contribution in [0.3, 0.4) is 0 Å². The van der Waals surface area contributed by atoms with E-state index in [0.717, 1.165) is 0 Å². The fourth-order valence-corrected chi connectivity index (χ4v) is 3.18. The second kappa shape index (κ2) is 7.03. The molecule has 2 aromatic carbocycles. The van der Waals surface area contributed by atoms with E-state index in [9.17, 15) is 9.18 Å². The van der Waals surface area contributed by atoms with Crippen LogP contribution >= 0.6 is 39.1 Å². The Morgan fingerprint density at radius 1 is 1.17 bits per heavy atom. The maximum absolute atomic E-state index is 14.6. The van der Waals surface area contributed by atoms with Gasteiger partial charge in [-0.2, -0.15) is 0 Å². The number of halogens is 4. The zero-order valence-corrected chi connectivity index (χ0v) is 15.7. The molecule has 0 bridgehead atoms. The lowest BCUT2D eigenvalue weighted by atomic mass is 9.93. The summed E-state index contributed by atoms with van der Waals surface area (Å²) in [5.74, 6) is -0.686. The van der Waals surface area contributed by atoms with E-state index < -0.39 is 11.2 Å². The molecule has 1 saturated carbocycles. The first kappa shape index (κ1) is 17.7. The van der Waals surface area contributed by atoms with Crippen LogP contribution in [-0.4, -0.2) is 17.9 Å². The molecule has 0 saturated heterocycles. The van der Waals surface area contributed by atoms with Crippen molar-refractivity contribution < 1.29 is 13.9 Å². The Morgan fingerprint density at radius 2 is 1.92 bits per heavy atom. The SMILES string of the molecule is O=C(OCCBr)C1(c2ccc(-c3ccc(Cl)c(Cl)c3)c(F)c2)CC1. The molecule has 0 aliphatic heterocycles. The number of carbonyl (C=O) groups excluding carboxylic acids is 1. The van der Waals surface area contributed by atoms with Crippen molar-refractivity contribution in [2.24, 2.45) is 0 Å². The summed E-state index contributed by atoms with van der Waals surface area (Å²) in [5.41, 5.74) is 1.02. The molecule has 2 aromatic rings. The lowest BCUT2D eigenvalue weighted by molar-refractivity contribution is -0.146. The van der Waals surface area contributed by atoms with Crippen LogP contribution in [0.4, 0.5) is 4.39 Å². The topological polar surface area (TPSA) is 26.3 Å². The van der Waals surface area contributed by atoms with Gasteiger partial charge >= 0.3 is 5.97 Å². The first-order valence-corrected chi connectivity index (χ1v) is 9.34. The van der Waals surface area contributed by atoms with E-state index in [-0.39, 0.29) is 5.97 Å². The summed E-state index contributed by atoms with van der Waals surface area (Å²) in [7, 11) is 0. The molecule has 0 unspecified atom stereocenters. The molecule has 0 atom stereocenters. The summed E-state index contributed by atoms with van der Waals surface area (Å²) in [5, 5.41) is 1.37. The maximum Gasteiger partial charge on any atom is 0.316 e. The van der Waals surface area contributed by atoms with Gasteiger partial charge in [-0.15, -0.1) is 0 Å². The summed E-state index contributed by atoms with van der Waals surface area (Å²) >= 11 is 15.1. The zero-order chi connectivity index (χ0) is 17.3. The molecule has 1 aliphatic rings. The third-order valence-electron chi connectivity index (χ3n) is 4.20. The molecule has 0 amide bonds. The molecule has 126 valence electrons. The third-order valence-corrected chi connectivity index (χ3v) is 5.27. The molecule has 3 rings (SSSR count). The number of hydrogen-bond acceptors (Lipinski definition) is 2. The molecule has 6 heteroatoms. The van der Waals surface area contributed by atoms with E-state index in [1.54, 1.807) is 30.3 Å². The highest BCUT2D eigenvalue weighted by Gasteiger charge is 2.53. The summed E-state index contributed by atoms with van der Waals surface area (Å²) in [4.78, 5) is 12.2. The van der Waals surface area contributed by atoms with Crippen molar-refractivity contribution in [2.45, 2.75) is 18.3 Å². The van der Waals surface area contributed by atoms with Crippen molar-refractivity contribution in [1.82, 2.24) is 0 Å². The fraction of sp³-hybridized carbons (Fsp3) is 0.278. The number of ether oxygens (including phenoxy) is 1.